The van der Waals surface area contributed by atoms with Gasteiger partial charge in [-0.2, -0.15) is 0 Å². The lowest BCUT2D eigenvalue weighted by Crippen LogP contribution is -2.46. The Morgan fingerprint density at radius 3 is 2.38 bits per heavy atom. The molecule has 3 amide bonds. The molecule has 184 valence electrons. The fraction of sp³-hybridized carbons (Fsp3) is 0.107. The number of carbonyl (C=O) groups is 3. The summed E-state index contributed by atoms with van der Waals surface area (Å²) in [6.07, 6.45) is 0. The molecule has 4 aromatic rings. The Labute approximate surface area is 220 Å². The van der Waals surface area contributed by atoms with Gasteiger partial charge in [-0.05, 0) is 54.3 Å². The highest BCUT2D eigenvalue weighted by molar-refractivity contribution is 9.10. The number of imide groups is 1. The zero-order chi connectivity index (χ0) is 26.3. The number of hydrogen-bond donors (Lipinski definition) is 0. The molecule has 0 aliphatic carbocycles. The smallest absolute Gasteiger partial charge is 0.282 e. The minimum absolute atomic E-state index is 0.0480. The Bertz CT molecular complexity index is 1590. The predicted molar refractivity (Wildman–Crippen MR) is 143 cm³/mol. The summed E-state index contributed by atoms with van der Waals surface area (Å²) >= 11 is 3.48. The standard InChI is InChI=1S/C28H20BrN3O5/c1-17-6-4-7-18(16-17)30(26(33)20-8-2-3-11-24(20)32(36)37)14-15-31-27(34)21-10-5-9-19-23(29)13-12-22(25(19)21)28(31)35/h2-13,16H,14-15H2,1H3. The molecule has 0 saturated heterocycles. The molecule has 0 unspecified atom stereocenters. The highest BCUT2D eigenvalue weighted by Crippen LogP contribution is 2.34. The lowest BCUT2D eigenvalue weighted by atomic mass is 9.94. The molecule has 0 N–H and O–H groups in total. The molecule has 0 radical (unpaired) electrons. The van der Waals surface area contributed by atoms with Crippen LogP contribution in [0.2, 0.25) is 0 Å². The molecular weight excluding hydrogens is 538 g/mol. The summed E-state index contributed by atoms with van der Waals surface area (Å²) < 4.78 is 0.780. The van der Waals surface area contributed by atoms with Crippen molar-refractivity contribution in [2.45, 2.75) is 6.92 Å². The third kappa shape index (κ3) is 4.27. The van der Waals surface area contributed by atoms with E-state index < -0.39 is 22.6 Å². The van der Waals surface area contributed by atoms with Gasteiger partial charge in [0, 0.05) is 45.8 Å². The summed E-state index contributed by atoms with van der Waals surface area (Å²) in [5.41, 5.74) is 1.80. The van der Waals surface area contributed by atoms with Gasteiger partial charge in [-0.25, -0.2) is 0 Å². The first kappa shape index (κ1) is 24.3. The molecule has 4 aromatic carbocycles. The van der Waals surface area contributed by atoms with Gasteiger partial charge in [0.1, 0.15) is 5.56 Å². The van der Waals surface area contributed by atoms with Gasteiger partial charge in [-0.1, -0.05) is 52.3 Å². The van der Waals surface area contributed by atoms with Gasteiger partial charge in [-0.15, -0.1) is 0 Å². The van der Waals surface area contributed by atoms with Gasteiger partial charge in [0.05, 0.1) is 4.92 Å². The van der Waals surface area contributed by atoms with Crippen LogP contribution in [0, 0.1) is 17.0 Å². The van der Waals surface area contributed by atoms with Crippen molar-refractivity contribution in [2.24, 2.45) is 0 Å². The largest absolute Gasteiger partial charge is 0.306 e. The Balaban J connectivity index is 1.51. The zero-order valence-corrected chi connectivity index (χ0v) is 21.3. The maximum absolute atomic E-state index is 13.6. The van der Waals surface area contributed by atoms with Crippen molar-refractivity contribution in [2.75, 3.05) is 18.0 Å². The second kappa shape index (κ2) is 9.59. The van der Waals surface area contributed by atoms with Crippen LogP contribution in [0.3, 0.4) is 0 Å². The van der Waals surface area contributed by atoms with E-state index >= 15 is 0 Å². The van der Waals surface area contributed by atoms with E-state index in [0.29, 0.717) is 22.2 Å². The fourth-order valence-corrected chi connectivity index (χ4v) is 5.08. The number of para-hydroxylation sites is 1. The van der Waals surface area contributed by atoms with Gasteiger partial charge in [-0.3, -0.25) is 29.4 Å². The van der Waals surface area contributed by atoms with Crippen molar-refractivity contribution in [1.29, 1.82) is 0 Å². The summed E-state index contributed by atoms with van der Waals surface area (Å²) in [6.45, 7) is 1.72. The number of nitrogens with zero attached hydrogens (tertiary/aromatic N) is 3. The number of rotatable bonds is 6. The number of nitro groups is 1. The summed E-state index contributed by atoms with van der Waals surface area (Å²) in [7, 11) is 0. The van der Waals surface area contributed by atoms with Crippen molar-refractivity contribution < 1.29 is 19.3 Å². The van der Waals surface area contributed by atoms with Gasteiger partial charge in [0.25, 0.3) is 23.4 Å². The molecule has 1 aliphatic heterocycles. The molecule has 0 spiro atoms. The lowest BCUT2D eigenvalue weighted by Gasteiger charge is -2.30. The molecule has 0 aromatic heterocycles. The van der Waals surface area contributed by atoms with E-state index in [1.165, 1.54) is 23.1 Å². The van der Waals surface area contributed by atoms with Gasteiger partial charge in [0.15, 0.2) is 0 Å². The van der Waals surface area contributed by atoms with E-state index in [1.54, 1.807) is 48.5 Å². The van der Waals surface area contributed by atoms with Gasteiger partial charge < -0.3 is 4.90 Å². The SMILES string of the molecule is Cc1cccc(N(CCN2C(=O)c3cccc4c(Br)ccc(c34)C2=O)C(=O)c2ccccc2[N+](=O)[O-])c1. The monoisotopic (exact) mass is 557 g/mol. The molecule has 0 saturated carbocycles. The van der Waals surface area contributed by atoms with E-state index in [4.69, 9.17) is 0 Å². The van der Waals surface area contributed by atoms with Crippen molar-refractivity contribution in [3.05, 3.63) is 116 Å². The maximum atomic E-state index is 13.6. The molecule has 5 rings (SSSR count). The molecule has 1 aliphatic rings. The minimum Gasteiger partial charge on any atom is -0.306 e. The zero-order valence-electron chi connectivity index (χ0n) is 19.7. The average Bonchev–Trinajstić information content (AvgIpc) is 2.89. The number of aryl methyl sites for hydroxylation is 1. The Hall–Kier alpha value is -4.37. The van der Waals surface area contributed by atoms with E-state index in [9.17, 15) is 24.5 Å². The second-order valence-corrected chi connectivity index (χ2v) is 9.51. The van der Waals surface area contributed by atoms with Crippen LogP contribution < -0.4 is 4.90 Å². The summed E-state index contributed by atoms with van der Waals surface area (Å²) in [6, 6.07) is 21.6. The van der Waals surface area contributed by atoms with Crippen LogP contribution in [0.4, 0.5) is 11.4 Å². The first-order valence-corrected chi connectivity index (χ1v) is 12.3. The van der Waals surface area contributed by atoms with Crippen LogP contribution in [0.25, 0.3) is 10.8 Å². The van der Waals surface area contributed by atoms with E-state index in [0.717, 1.165) is 20.3 Å². The molecule has 0 fully saturated rings. The van der Waals surface area contributed by atoms with Crippen molar-refractivity contribution in [1.82, 2.24) is 4.90 Å². The van der Waals surface area contributed by atoms with Gasteiger partial charge in [0.2, 0.25) is 0 Å². The molecule has 8 nitrogen and oxygen atoms in total. The van der Waals surface area contributed by atoms with Crippen molar-refractivity contribution in [3.63, 3.8) is 0 Å². The first-order valence-electron chi connectivity index (χ1n) is 11.5. The minimum atomic E-state index is -0.602. The average molecular weight is 558 g/mol. The normalized spacial score (nSPS) is 12.6. The Morgan fingerprint density at radius 1 is 0.946 bits per heavy atom. The molecule has 1 heterocycles. The Morgan fingerprint density at radius 2 is 1.65 bits per heavy atom. The number of nitro benzene ring substituents is 1. The quantitative estimate of drug-likeness (QED) is 0.170. The third-order valence-electron chi connectivity index (χ3n) is 6.38. The van der Waals surface area contributed by atoms with Crippen LogP contribution in [0.15, 0.2) is 83.3 Å². The maximum Gasteiger partial charge on any atom is 0.282 e. The van der Waals surface area contributed by atoms with E-state index in [2.05, 4.69) is 15.9 Å². The number of hydrogen-bond acceptors (Lipinski definition) is 5. The molecule has 0 bridgehead atoms. The predicted octanol–water partition coefficient (Wildman–Crippen LogP) is 5.76. The van der Waals surface area contributed by atoms with Crippen LogP contribution in [-0.2, 0) is 0 Å². The number of benzene rings is 4. The number of amides is 3. The molecule has 37 heavy (non-hydrogen) atoms. The Kier molecular flexibility index (Phi) is 6.31. The molecular formula is C28H20BrN3O5. The lowest BCUT2D eigenvalue weighted by molar-refractivity contribution is -0.385. The summed E-state index contributed by atoms with van der Waals surface area (Å²) in [4.78, 5) is 53.9. The number of halogens is 1. The van der Waals surface area contributed by atoms with Crippen molar-refractivity contribution >= 4 is 55.8 Å². The first-order chi connectivity index (χ1) is 17.8. The number of anilines is 1. The summed E-state index contributed by atoms with van der Waals surface area (Å²) in [5.74, 6) is -1.51. The van der Waals surface area contributed by atoms with Crippen molar-refractivity contribution in [3.8, 4) is 0 Å². The topological polar surface area (TPSA) is 101 Å². The van der Waals surface area contributed by atoms with E-state index in [-0.39, 0.29) is 24.3 Å². The summed E-state index contributed by atoms with van der Waals surface area (Å²) in [5, 5.41) is 13.0. The van der Waals surface area contributed by atoms with E-state index in [1.807, 2.05) is 19.1 Å². The van der Waals surface area contributed by atoms with Crippen LogP contribution in [0.5, 0.6) is 0 Å². The number of carbonyl (C=O) groups excluding carboxylic acids is 3. The highest BCUT2D eigenvalue weighted by Gasteiger charge is 2.34. The second-order valence-electron chi connectivity index (χ2n) is 8.66. The fourth-order valence-electron chi connectivity index (χ4n) is 4.62. The third-order valence-corrected chi connectivity index (χ3v) is 7.07. The van der Waals surface area contributed by atoms with Crippen LogP contribution in [0.1, 0.15) is 36.6 Å². The van der Waals surface area contributed by atoms with Crippen LogP contribution in [-0.4, -0.2) is 40.6 Å². The molecule has 0 atom stereocenters. The van der Waals surface area contributed by atoms with Gasteiger partial charge >= 0.3 is 0 Å². The molecule has 9 heteroatoms. The highest BCUT2D eigenvalue weighted by atomic mass is 79.9. The van der Waals surface area contributed by atoms with Crippen LogP contribution >= 0.6 is 15.9 Å².